The van der Waals surface area contributed by atoms with E-state index in [4.69, 9.17) is 5.11 Å². The molecule has 0 amide bonds. The Balaban J connectivity index is 3.28. The molecule has 0 rings (SSSR count). The van der Waals surface area contributed by atoms with Gasteiger partial charge in [0.2, 0.25) is 0 Å². The van der Waals surface area contributed by atoms with Crippen LogP contribution in [-0.2, 0) is 0 Å². The van der Waals surface area contributed by atoms with Gasteiger partial charge in [0.1, 0.15) is 12.7 Å². The predicted molar refractivity (Wildman–Crippen MR) is 108 cm³/mol. The molecule has 25 heavy (non-hydrogen) atoms. The molecule has 0 spiro atoms. The second-order valence-corrected chi connectivity index (χ2v) is 6.62. The van der Waals surface area contributed by atoms with Gasteiger partial charge in [-0.05, 0) is 50.4 Å². The summed E-state index contributed by atoms with van der Waals surface area (Å²) < 4.78 is 0. The summed E-state index contributed by atoms with van der Waals surface area (Å²) in [6.45, 7) is 2.08. The quantitative estimate of drug-likeness (QED) is 0.237. The molecule has 1 unspecified atom stereocenters. The van der Waals surface area contributed by atoms with Crippen molar-refractivity contribution in [2.75, 3.05) is 6.61 Å². The van der Waals surface area contributed by atoms with Crippen molar-refractivity contribution in [1.29, 1.82) is 0 Å². The van der Waals surface area contributed by atoms with Crippen LogP contribution in [0.15, 0.2) is 12.2 Å². The molecule has 2 nitrogen and oxygen atoms in total. The van der Waals surface area contributed by atoms with Gasteiger partial charge in [0.15, 0.2) is 0 Å². The average Bonchev–Trinajstić information content (AvgIpc) is 2.62. The van der Waals surface area contributed by atoms with Crippen LogP contribution in [0.2, 0.25) is 0 Å². The predicted octanol–water partition coefficient (Wildman–Crippen LogP) is 5.38. The molecular weight excluding hydrogens is 308 g/mol. The molecule has 0 aromatic rings. The lowest BCUT2D eigenvalue weighted by Gasteiger charge is -2.03. The van der Waals surface area contributed by atoms with Crippen molar-refractivity contribution < 1.29 is 10.2 Å². The van der Waals surface area contributed by atoms with E-state index < -0.39 is 6.10 Å². The van der Waals surface area contributed by atoms with Gasteiger partial charge in [-0.25, -0.2) is 0 Å². The van der Waals surface area contributed by atoms with Gasteiger partial charge in [-0.1, -0.05) is 82.3 Å². The zero-order chi connectivity index (χ0) is 18.4. The van der Waals surface area contributed by atoms with E-state index in [1.54, 1.807) is 0 Å². The van der Waals surface area contributed by atoms with E-state index in [1.807, 2.05) is 0 Å². The Morgan fingerprint density at radius 3 is 1.92 bits per heavy atom. The smallest absolute Gasteiger partial charge is 0.115 e. The molecule has 0 aliphatic heterocycles. The van der Waals surface area contributed by atoms with Crippen LogP contribution in [0, 0.1) is 23.7 Å². The van der Waals surface area contributed by atoms with E-state index >= 15 is 0 Å². The molecule has 0 fully saturated rings. The molecule has 142 valence electrons. The first kappa shape index (κ1) is 23.8. The molecule has 0 saturated heterocycles. The number of hydrogen-bond donors (Lipinski definition) is 2. The Hall–Kier alpha value is -1.22. The zero-order valence-electron chi connectivity index (χ0n) is 16.2. The number of hydrogen-bond acceptors (Lipinski definition) is 2. The second kappa shape index (κ2) is 20.8. The minimum absolute atomic E-state index is 0.180. The van der Waals surface area contributed by atoms with Gasteiger partial charge in [0.25, 0.3) is 0 Å². The van der Waals surface area contributed by atoms with Crippen LogP contribution < -0.4 is 0 Å². The van der Waals surface area contributed by atoms with Crippen LogP contribution in [0.3, 0.4) is 0 Å². The van der Waals surface area contributed by atoms with Crippen LogP contribution in [0.5, 0.6) is 0 Å². The summed E-state index contributed by atoms with van der Waals surface area (Å²) in [6.07, 6.45) is 21.5. The van der Waals surface area contributed by atoms with Gasteiger partial charge in [0, 0.05) is 0 Å². The van der Waals surface area contributed by atoms with E-state index in [0.29, 0.717) is 0 Å². The van der Waals surface area contributed by atoms with E-state index in [9.17, 15) is 5.11 Å². The summed E-state index contributed by atoms with van der Waals surface area (Å²) in [5.74, 6) is 10.2. The highest BCUT2D eigenvalue weighted by molar-refractivity contribution is 5.27. The van der Waals surface area contributed by atoms with E-state index in [1.165, 1.54) is 77.0 Å². The highest BCUT2D eigenvalue weighted by Gasteiger charge is 1.98. The highest BCUT2D eigenvalue weighted by atomic mass is 16.3. The summed E-state index contributed by atoms with van der Waals surface area (Å²) in [4.78, 5) is 0. The molecule has 0 aliphatic rings. The van der Waals surface area contributed by atoms with Crippen molar-refractivity contribution in [2.24, 2.45) is 0 Å². The third-order valence-corrected chi connectivity index (χ3v) is 4.21. The van der Waals surface area contributed by atoms with Crippen molar-refractivity contribution >= 4 is 0 Å². The van der Waals surface area contributed by atoms with Gasteiger partial charge in [0.05, 0.1) is 0 Å². The van der Waals surface area contributed by atoms with Gasteiger partial charge in [-0.15, -0.1) is 0 Å². The summed E-state index contributed by atoms with van der Waals surface area (Å²) in [5.41, 5.74) is 0. The Morgan fingerprint density at radius 2 is 1.32 bits per heavy atom. The number of allylic oxidation sites excluding steroid dienone is 2. The van der Waals surface area contributed by atoms with Crippen molar-refractivity contribution in [3.8, 4) is 23.7 Å². The van der Waals surface area contributed by atoms with Crippen molar-refractivity contribution in [2.45, 2.75) is 103 Å². The fraction of sp³-hybridized carbons (Fsp3) is 0.739. The standard InChI is InChI=1S/C23H38O2/c1-2-3-4-5-6-7-8-9-10-11-12-13-14-15-17-20-23(25)21-18-16-19-22-24/h7-8,23-25H,2-6,9-15,17,20,22H2,1H3. The largest absolute Gasteiger partial charge is 0.384 e. The summed E-state index contributed by atoms with van der Waals surface area (Å²) in [6, 6.07) is 0. The number of aliphatic hydroxyl groups excluding tert-OH is 2. The first-order chi connectivity index (χ1) is 12.3. The fourth-order valence-corrected chi connectivity index (χ4v) is 2.68. The van der Waals surface area contributed by atoms with Gasteiger partial charge < -0.3 is 10.2 Å². The van der Waals surface area contributed by atoms with Crippen molar-refractivity contribution in [3.63, 3.8) is 0 Å². The maximum atomic E-state index is 9.64. The zero-order valence-corrected chi connectivity index (χ0v) is 16.2. The lowest BCUT2D eigenvalue weighted by molar-refractivity contribution is 0.217. The molecule has 1 atom stereocenters. The second-order valence-electron chi connectivity index (χ2n) is 6.62. The molecule has 0 heterocycles. The maximum Gasteiger partial charge on any atom is 0.115 e. The maximum absolute atomic E-state index is 9.64. The molecule has 0 radical (unpaired) electrons. The van der Waals surface area contributed by atoms with Crippen molar-refractivity contribution in [3.05, 3.63) is 12.2 Å². The molecular formula is C23H38O2. The molecule has 0 bridgehead atoms. The van der Waals surface area contributed by atoms with Gasteiger partial charge >= 0.3 is 0 Å². The first-order valence-corrected chi connectivity index (χ1v) is 10.2. The van der Waals surface area contributed by atoms with E-state index in [-0.39, 0.29) is 6.61 Å². The normalized spacial score (nSPS) is 11.6. The topological polar surface area (TPSA) is 40.5 Å². The summed E-state index contributed by atoms with van der Waals surface area (Å²) in [7, 11) is 0. The van der Waals surface area contributed by atoms with Crippen molar-refractivity contribution in [1.82, 2.24) is 0 Å². The highest BCUT2D eigenvalue weighted by Crippen LogP contribution is 2.11. The van der Waals surface area contributed by atoms with Crippen LogP contribution >= 0.6 is 0 Å². The third kappa shape index (κ3) is 20.7. The molecule has 0 aliphatic carbocycles. The first-order valence-electron chi connectivity index (χ1n) is 10.2. The van der Waals surface area contributed by atoms with Crippen LogP contribution in [0.25, 0.3) is 0 Å². The molecule has 2 heteroatoms. The van der Waals surface area contributed by atoms with Crippen LogP contribution in [-0.4, -0.2) is 22.9 Å². The minimum atomic E-state index is -0.582. The van der Waals surface area contributed by atoms with Crippen LogP contribution in [0.4, 0.5) is 0 Å². The monoisotopic (exact) mass is 346 g/mol. The minimum Gasteiger partial charge on any atom is -0.384 e. The van der Waals surface area contributed by atoms with E-state index in [0.717, 1.165) is 12.8 Å². The van der Waals surface area contributed by atoms with Gasteiger partial charge in [-0.2, -0.15) is 0 Å². The Labute approximate surface area is 156 Å². The average molecular weight is 347 g/mol. The molecule has 0 aromatic carbocycles. The summed E-state index contributed by atoms with van der Waals surface area (Å²) in [5, 5.41) is 18.1. The fourth-order valence-electron chi connectivity index (χ4n) is 2.68. The lowest BCUT2D eigenvalue weighted by Crippen LogP contribution is -2.01. The van der Waals surface area contributed by atoms with E-state index in [2.05, 4.69) is 42.8 Å². The third-order valence-electron chi connectivity index (χ3n) is 4.21. The molecule has 2 N–H and O–H groups in total. The Morgan fingerprint density at radius 1 is 0.760 bits per heavy atom. The Kier molecular flexibility index (Phi) is 19.8. The SMILES string of the molecule is CCCCCCC=CCCCCCCCCCC(O)C#CC#CCO. The molecule has 0 aromatic heterocycles. The lowest BCUT2D eigenvalue weighted by atomic mass is 10.1. The number of rotatable bonds is 15. The summed E-state index contributed by atoms with van der Waals surface area (Å²) >= 11 is 0. The Bertz CT molecular complexity index is 417. The van der Waals surface area contributed by atoms with Crippen LogP contribution in [0.1, 0.15) is 96.8 Å². The molecule has 0 saturated carbocycles. The number of unbranched alkanes of at least 4 members (excludes halogenated alkanes) is 11. The number of aliphatic hydroxyl groups is 2. The van der Waals surface area contributed by atoms with Gasteiger partial charge in [-0.3, -0.25) is 0 Å².